The summed E-state index contributed by atoms with van der Waals surface area (Å²) < 4.78 is 0. The second kappa shape index (κ2) is 11.7. The Balaban J connectivity index is 1.33. The molecule has 0 amide bonds. The molecular formula is C25H37N5. The van der Waals surface area contributed by atoms with Gasteiger partial charge in [-0.25, -0.2) is 0 Å². The molecule has 1 aromatic carbocycles. The monoisotopic (exact) mass is 407 g/mol. The molecular weight excluding hydrogens is 370 g/mol. The molecule has 2 heterocycles. The Morgan fingerprint density at radius 3 is 2.53 bits per heavy atom. The highest BCUT2D eigenvalue weighted by molar-refractivity contribution is 5.79. The van der Waals surface area contributed by atoms with Crippen molar-refractivity contribution in [3.8, 4) is 0 Å². The first-order valence-electron chi connectivity index (χ1n) is 11.3. The number of nitrogens with zero attached hydrogens (tertiary/aromatic N) is 3. The van der Waals surface area contributed by atoms with Gasteiger partial charge >= 0.3 is 0 Å². The molecule has 1 fully saturated rings. The van der Waals surface area contributed by atoms with E-state index in [1.54, 1.807) is 0 Å². The molecule has 2 N–H and O–H groups in total. The summed E-state index contributed by atoms with van der Waals surface area (Å²) in [4.78, 5) is 11.3. The number of rotatable bonds is 8. The minimum atomic E-state index is 0.486. The fourth-order valence-corrected chi connectivity index (χ4v) is 3.91. The highest BCUT2D eigenvalue weighted by Gasteiger charge is 2.20. The number of aryl methyl sites for hydroxylation is 1. The Morgan fingerprint density at radius 2 is 1.90 bits per heavy atom. The number of likely N-dealkylation sites (tertiary alicyclic amines) is 1. The van der Waals surface area contributed by atoms with Crippen LogP contribution in [0.2, 0.25) is 0 Å². The van der Waals surface area contributed by atoms with E-state index in [9.17, 15) is 0 Å². The van der Waals surface area contributed by atoms with Crippen LogP contribution in [-0.2, 0) is 13.0 Å². The first kappa shape index (κ1) is 22.3. The van der Waals surface area contributed by atoms with Crippen molar-refractivity contribution in [2.75, 3.05) is 26.7 Å². The van der Waals surface area contributed by atoms with Gasteiger partial charge in [0.05, 0.1) is 5.69 Å². The minimum absolute atomic E-state index is 0.486. The van der Waals surface area contributed by atoms with Crippen LogP contribution >= 0.6 is 0 Å². The molecule has 0 aliphatic carbocycles. The van der Waals surface area contributed by atoms with Crippen LogP contribution in [0.4, 0.5) is 0 Å². The van der Waals surface area contributed by atoms with Crippen LogP contribution < -0.4 is 10.6 Å². The third-order valence-electron chi connectivity index (χ3n) is 5.84. The number of hydrogen-bond acceptors (Lipinski definition) is 3. The van der Waals surface area contributed by atoms with Gasteiger partial charge in [0.1, 0.15) is 0 Å². The van der Waals surface area contributed by atoms with Crippen molar-refractivity contribution >= 4 is 5.96 Å². The van der Waals surface area contributed by atoms with E-state index in [2.05, 4.69) is 75.8 Å². The molecule has 2 aromatic rings. The van der Waals surface area contributed by atoms with Gasteiger partial charge in [-0.1, -0.05) is 44.2 Å². The van der Waals surface area contributed by atoms with Gasteiger partial charge in [-0.3, -0.25) is 14.9 Å². The highest BCUT2D eigenvalue weighted by atomic mass is 15.2. The number of aromatic nitrogens is 1. The minimum Gasteiger partial charge on any atom is -0.356 e. The van der Waals surface area contributed by atoms with E-state index in [1.165, 1.54) is 11.1 Å². The van der Waals surface area contributed by atoms with E-state index in [-0.39, 0.29) is 0 Å². The maximum atomic E-state index is 4.44. The van der Waals surface area contributed by atoms with Crippen molar-refractivity contribution in [2.45, 2.75) is 58.0 Å². The molecule has 0 saturated carbocycles. The number of piperidine rings is 1. The average molecular weight is 408 g/mol. The van der Waals surface area contributed by atoms with E-state index in [0.717, 1.165) is 63.5 Å². The second-order valence-electron chi connectivity index (χ2n) is 8.51. The average Bonchev–Trinajstić information content (AvgIpc) is 2.78. The number of benzene rings is 1. The zero-order chi connectivity index (χ0) is 21.2. The molecule has 30 heavy (non-hydrogen) atoms. The second-order valence-corrected chi connectivity index (χ2v) is 8.51. The van der Waals surface area contributed by atoms with Crippen LogP contribution in [0.15, 0.2) is 53.7 Å². The molecule has 0 radical (unpaired) electrons. The molecule has 0 unspecified atom stereocenters. The van der Waals surface area contributed by atoms with Gasteiger partial charge in [-0.05, 0) is 54.9 Å². The van der Waals surface area contributed by atoms with Gasteiger partial charge in [-0.15, -0.1) is 0 Å². The largest absolute Gasteiger partial charge is 0.356 e. The fraction of sp³-hybridized carbons (Fsp3) is 0.520. The number of nitrogens with one attached hydrogen (secondary N) is 2. The van der Waals surface area contributed by atoms with E-state index in [0.29, 0.717) is 12.0 Å². The summed E-state index contributed by atoms with van der Waals surface area (Å²) in [5, 5.41) is 7.09. The zero-order valence-electron chi connectivity index (χ0n) is 18.8. The van der Waals surface area contributed by atoms with Gasteiger partial charge in [0.2, 0.25) is 0 Å². The Kier molecular flexibility index (Phi) is 8.69. The third kappa shape index (κ3) is 7.13. The summed E-state index contributed by atoms with van der Waals surface area (Å²) in [6.07, 6.45) is 6.34. The summed E-state index contributed by atoms with van der Waals surface area (Å²) in [6.45, 7) is 8.54. The van der Waals surface area contributed by atoms with E-state index >= 15 is 0 Å². The standard InChI is InChI=1S/C25H37N5/c1-20(2)22-11-9-21(10-12-22)7-6-16-28-25(26-3)29-23-13-17-30(18-14-23)19-24-8-4-5-15-27-24/h4-5,8-12,15,20,23H,6-7,13-14,16-19H2,1-3H3,(H2,26,28,29). The first-order chi connectivity index (χ1) is 14.6. The van der Waals surface area contributed by atoms with Crippen LogP contribution in [0.25, 0.3) is 0 Å². The molecule has 5 nitrogen and oxygen atoms in total. The summed E-state index contributed by atoms with van der Waals surface area (Å²) in [5.74, 6) is 1.52. The molecule has 162 valence electrons. The van der Waals surface area contributed by atoms with Crippen LogP contribution in [0.1, 0.15) is 55.8 Å². The van der Waals surface area contributed by atoms with Gasteiger partial charge in [0.15, 0.2) is 5.96 Å². The molecule has 0 bridgehead atoms. The predicted octanol–water partition coefficient (Wildman–Crippen LogP) is 3.97. The van der Waals surface area contributed by atoms with Crippen molar-refractivity contribution in [3.63, 3.8) is 0 Å². The number of hydrogen-bond donors (Lipinski definition) is 2. The van der Waals surface area contributed by atoms with Crippen molar-refractivity contribution in [1.29, 1.82) is 0 Å². The Labute approximate surface area is 182 Å². The Hall–Kier alpha value is -2.40. The van der Waals surface area contributed by atoms with Crippen molar-refractivity contribution in [3.05, 3.63) is 65.5 Å². The Bertz CT molecular complexity index is 762. The lowest BCUT2D eigenvalue weighted by atomic mass is 10.0. The van der Waals surface area contributed by atoms with Gasteiger partial charge in [0, 0.05) is 45.5 Å². The molecule has 0 spiro atoms. The maximum absolute atomic E-state index is 4.44. The van der Waals surface area contributed by atoms with Crippen molar-refractivity contribution in [1.82, 2.24) is 20.5 Å². The molecule has 5 heteroatoms. The lowest BCUT2D eigenvalue weighted by Crippen LogP contribution is -2.48. The van der Waals surface area contributed by atoms with Crippen molar-refractivity contribution in [2.24, 2.45) is 4.99 Å². The number of guanidine groups is 1. The number of pyridine rings is 1. The predicted molar refractivity (Wildman–Crippen MR) is 126 cm³/mol. The van der Waals surface area contributed by atoms with Gasteiger partial charge in [-0.2, -0.15) is 0 Å². The normalized spacial score (nSPS) is 16.1. The SMILES string of the molecule is CN=C(NCCCc1ccc(C(C)C)cc1)NC1CCN(Cc2ccccn2)CC1. The summed E-state index contributed by atoms with van der Waals surface area (Å²) in [5.41, 5.74) is 3.97. The van der Waals surface area contributed by atoms with Gasteiger partial charge in [0.25, 0.3) is 0 Å². The van der Waals surface area contributed by atoms with Crippen LogP contribution in [0.5, 0.6) is 0 Å². The molecule has 1 aliphatic heterocycles. The summed E-state index contributed by atoms with van der Waals surface area (Å²) in [7, 11) is 1.86. The fourth-order valence-electron chi connectivity index (χ4n) is 3.91. The maximum Gasteiger partial charge on any atom is 0.191 e. The lowest BCUT2D eigenvalue weighted by molar-refractivity contribution is 0.196. The molecule has 1 aliphatic rings. The quantitative estimate of drug-likeness (QED) is 0.395. The third-order valence-corrected chi connectivity index (χ3v) is 5.84. The first-order valence-corrected chi connectivity index (χ1v) is 11.3. The highest BCUT2D eigenvalue weighted by Crippen LogP contribution is 2.15. The lowest BCUT2D eigenvalue weighted by Gasteiger charge is -2.32. The molecule has 1 aromatic heterocycles. The Morgan fingerprint density at radius 1 is 1.13 bits per heavy atom. The number of aliphatic imine (C=N–C) groups is 1. The van der Waals surface area contributed by atoms with Crippen LogP contribution in [0.3, 0.4) is 0 Å². The summed E-state index contributed by atoms with van der Waals surface area (Å²) in [6, 6.07) is 15.7. The smallest absolute Gasteiger partial charge is 0.191 e. The molecule has 1 saturated heterocycles. The van der Waals surface area contributed by atoms with Crippen molar-refractivity contribution < 1.29 is 0 Å². The van der Waals surface area contributed by atoms with Crippen LogP contribution in [0, 0.1) is 0 Å². The molecule has 3 rings (SSSR count). The topological polar surface area (TPSA) is 52.6 Å². The zero-order valence-corrected chi connectivity index (χ0v) is 18.8. The van der Waals surface area contributed by atoms with Crippen LogP contribution in [-0.4, -0.2) is 48.6 Å². The van der Waals surface area contributed by atoms with E-state index in [1.807, 2.05) is 19.3 Å². The van der Waals surface area contributed by atoms with E-state index < -0.39 is 0 Å². The summed E-state index contributed by atoms with van der Waals surface area (Å²) >= 11 is 0. The van der Waals surface area contributed by atoms with E-state index in [4.69, 9.17) is 0 Å². The van der Waals surface area contributed by atoms with Gasteiger partial charge < -0.3 is 10.6 Å². The molecule has 0 atom stereocenters.